The Labute approximate surface area is 162 Å². The van der Waals surface area contributed by atoms with E-state index in [9.17, 15) is 18.4 Å². The van der Waals surface area contributed by atoms with Gasteiger partial charge in [-0.2, -0.15) is 0 Å². The van der Waals surface area contributed by atoms with Gasteiger partial charge in [-0.25, -0.2) is 8.78 Å². The molecule has 0 saturated heterocycles. The third-order valence-corrected chi connectivity index (χ3v) is 4.80. The number of nitrogens with one attached hydrogen (secondary N) is 1. The van der Waals surface area contributed by atoms with E-state index >= 15 is 0 Å². The molecule has 0 aliphatic heterocycles. The fourth-order valence-electron chi connectivity index (χ4n) is 3.32. The van der Waals surface area contributed by atoms with Crippen molar-refractivity contribution in [3.8, 4) is 0 Å². The van der Waals surface area contributed by atoms with Crippen LogP contribution in [-0.4, -0.2) is 29.0 Å². The minimum absolute atomic E-state index is 0.0381. The normalized spacial score (nSPS) is 15.4. The molecule has 5 nitrogen and oxygen atoms in total. The Morgan fingerprint density at radius 1 is 1.11 bits per heavy atom. The maximum Gasteiger partial charge on any atom is 0.254 e. The highest BCUT2D eigenvalue weighted by atomic mass is 19.1. The topological polar surface area (TPSA) is 63.5 Å². The van der Waals surface area contributed by atoms with E-state index in [-0.39, 0.29) is 30.5 Å². The van der Waals surface area contributed by atoms with Crippen molar-refractivity contribution in [1.82, 2.24) is 9.88 Å². The number of carbonyl (C=O) groups is 2. The van der Waals surface area contributed by atoms with Crippen LogP contribution < -0.4 is 10.8 Å². The van der Waals surface area contributed by atoms with E-state index in [1.807, 2.05) is 6.07 Å². The summed E-state index contributed by atoms with van der Waals surface area (Å²) in [6.45, 7) is 0.0409. The Balaban J connectivity index is 1.62. The number of nitrogens with zero attached hydrogens (tertiary/aromatic N) is 2. The van der Waals surface area contributed by atoms with Crippen LogP contribution in [-0.2, 0) is 0 Å². The molecule has 0 radical (unpaired) electrons. The van der Waals surface area contributed by atoms with Crippen molar-refractivity contribution >= 4 is 11.8 Å². The summed E-state index contributed by atoms with van der Waals surface area (Å²) in [6, 6.07) is 8.38. The van der Waals surface area contributed by atoms with Gasteiger partial charge in [-0.05, 0) is 37.1 Å². The van der Waals surface area contributed by atoms with Gasteiger partial charge in [0.15, 0.2) is 0 Å². The van der Waals surface area contributed by atoms with Crippen molar-refractivity contribution in [3.63, 3.8) is 0 Å². The molecule has 148 valence electrons. The first-order valence-electron chi connectivity index (χ1n) is 9.52. The summed E-state index contributed by atoms with van der Waals surface area (Å²) in [4.78, 5) is 29.3. The smallest absolute Gasteiger partial charge is 0.254 e. The average molecular weight is 387 g/mol. The number of rotatable bonds is 5. The molecular formula is C21H23F2N3O2. The van der Waals surface area contributed by atoms with E-state index < -0.39 is 17.5 Å². The number of benzene rings is 1. The van der Waals surface area contributed by atoms with Gasteiger partial charge in [0.1, 0.15) is 17.1 Å². The average Bonchev–Trinajstić information content (AvgIpc) is 2.69. The van der Waals surface area contributed by atoms with Crippen LogP contribution in [0.4, 0.5) is 8.78 Å². The number of halogens is 2. The number of carbonyl (C=O) groups excluding carboxylic acids is 2. The summed E-state index contributed by atoms with van der Waals surface area (Å²) in [7, 11) is 0. The van der Waals surface area contributed by atoms with Gasteiger partial charge in [0.05, 0.1) is 11.6 Å². The third kappa shape index (κ3) is 5.12. The minimum Gasteiger partial charge on any atom is -0.351 e. The van der Waals surface area contributed by atoms with Crippen molar-refractivity contribution in [3.05, 3.63) is 65.3 Å². The van der Waals surface area contributed by atoms with Crippen LogP contribution in [0.2, 0.25) is 0 Å². The van der Waals surface area contributed by atoms with Crippen LogP contribution in [0.3, 0.4) is 0 Å². The van der Waals surface area contributed by atoms with Gasteiger partial charge in [-0.3, -0.25) is 19.1 Å². The lowest BCUT2D eigenvalue weighted by Crippen LogP contribution is -2.32. The monoisotopic (exact) mass is 387 g/mol. The van der Waals surface area contributed by atoms with Gasteiger partial charge < -0.3 is 5.32 Å². The highest BCUT2D eigenvalue weighted by Crippen LogP contribution is 2.19. The molecule has 2 aromatic rings. The fraction of sp³-hybridized carbons (Fsp3) is 0.381. The summed E-state index contributed by atoms with van der Waals surface area (Å²) in [6.07, 6.45) is 7.29. The number of aromatic nitrogens is 1. The number of hydrogen-bond acceptors (Lipinski definition) is 3. The first-order valence-corrected chi connectivity index (χ1v) is 9.52. The Hall–Kier alpha value is -2.83. The van der Waals surface area contributed by atoms with Gasteiger partial charge in [-0.1, -0.05) is 25.3 Å². The van der Waals surface area contributed by atoms with E-state index in [1.165, 1.54) is 11.0 Å². The summed E-state index contributed by atoms with van der Waals surface area (Å²) in [5.41, 5.74) is 0.351. The van der Waals surface area contributed by atoms with E-state index in [1.54, 1.807) is 18.3 Å². The standard InChI is InChI=1S/C21H23F2N3O2/c22-15-9-10-17(18(23)14-15)21(28)24-12-11-20(27)26-13-5-4-8-19(26)25-16-6-2-1-3-7-16/h4-5,8-10,13-14,16H,1-3,6-7,11-12H2,(H,24,28). The molecule has 1 fully saturated rings. The second kappa shape index (κ2) is 9.39. The first-order chi connectivity index (χ1) is 13.5. The highest BCUT2D eigenvalue weighted by Gasteiger charge is 2.14. The quantitative estimate of drug-likeness (QED) is 0.854. The summed E-state index contributed by atoms with van der Waals surface area (Å²) in [5.74, 6) is -2.58. The van der Waals surface area contributed by atoms with E-state index in [0.717, 1.165) is 37.8 Å². The lowest BCUT2D eigenvalue weighted by molar-refractivity contribution is 0.0887. The summed E-state index contributed by atoms with van der Waals surface area (Å²) < 4.78 is 28.1. The zero-order chi connectivity index (χ0) is 19.9. The SMILES string of the molecule is O=C(NCCC(=O)n1ccccc1=NC1CCCCC1)c1ccc(F)cc1F. The van der Waals surface area contributed by atoms with Gasteiger partial charge in [0.2, 0.25) is 5.91 Å². The minimum atomic E-state index is -0.935. The fourth-order valence-corrected chi connectivity index (χ4v) is 3.32. The largest absolute Gasteiger partial charge is 0.351 e. The molecule has 1 N–H and O–H groups in total. The lowest BCUT2D eigenvalue weighted by atomic mass is 9.96. The van der Waals surface area contributed by atoms with E-state index in [0.29, 0.717) is 11.6 Å². The van der Waals surface area contributed by atoms with Crippen molar-refractivity contribution in [2.45, 2.75) is 44.6 Å². The van der Waals surface area contributed by atoms with Crippen molar-refractivity contribution < 1.29 is 18.4 Å². The maximum atomic E-state index is 13.6. The molecular weight excluding hydrogens is 364 g/mol. The van der Waals surface area contributed by atoms with Crippen LogP contribution in [0.15, 0.2) is 47.6 Å². The van der Waals surface area contributed by atoms with Crippen LogP contribution in [0.5, 0.6) is 0 Å². The van der Waals surface area contributed by atoms with Gasteiger partial charge in [-0.15, -0.1) is 0 Å². The predicted molar refractivity (Wildman–Crippen MR) is 101 cm³/mol. The van der Waals surface area contributed by atoms with E-state index in [2.05, 4.69) is 5.32 Å². The Bertz CT molecular complexity index is 918. The summed E-state index contributed by atoms with van der Waals surface area (Å²) in [5, 5.41) is 2.49. The Morgan fingerprint density at radius 2 is 1.89 bits per heavy atom. The van der Waals surface area contributed by atoms with Crippen molar-refractivity contribution in [2.24, 2.45) is 4.99 Å². The van der Waals surface area contributed by atoms with Crippen LogP contribution in [0.25, 0.3) is 0 Å². The molecule has 0 atom stereocenters. The lowest BCUT2D eigenvalue weighted by Gasteiger charge is -2.17. The maximum absolute atomic E-state index is 13.6. The molecule has 1 heterocycles. The van der Waals surface area contributed by atoms with Crippen molar-refractivity contribution in [1.29, 1.82) is 0 Å². The van der Waals surface area contributed by atoms with Crippen LogP contribution in [0, 0.1) is 11.6 Å². The molecule has 1 aromatic heterocycles. The molecule has 0 spiro atoms. The van der Waals surface area contributed by atoms with Crippen molar-refractivity contribution in [2.75, 3.05) is 6.54 Å². The molecule has 7 heteroatoms. The number of amides is 1. The van der Waals surface area contributed by atoms with Crippen LogP contribution >= 0.6 is 0 Å². The Morgan fingerprint density at radius 3 is 2.64 bits per heavy atom. The van der Waals surface area contributed by atoms with Crippen LogP contribution in [0.1, 0.15) is 53.7 Å². The second-order valence-electron chi connectivity index (χ2n) is 6.87. The van der Waals surface area contributed by atoms with Gasteiger partial charge >= 0.3 is 0 Å². The first kappa shape index (κ1) is 19.9. The highest BCUT2D eigenvalue weighted by molar-refractivity contribution is 5.94. The number of hydrogen-bond donors (Lipinski definition) is 1. The number of pyridine rings is 1. The molecule has 1 aliphatic rings. The molecule has 1 saturated carbocycles. The molecule has 3 rings (SSSR count). The van der Waals surface area contributed by atoms with E-state index in [4.69, 9.17) is 4.99 Å². The zero-order valence-electron chi connectivity index (χ0n) is 15.5. The summed E-state index contributed by atoms with van der Waals surface area (Å²) >= 11 is 0. The zero-order valence-corrected chi connectivity index (χ0v) is 15.5. The molecule has 28 heavy (non-hydrogen) atoms. The van der Waals surface area contributed by atoms with Gasteiger partial charge in [0.25, 0.3) is 5.91 Å². The molecule has 1 amide bonds. The molecule has 0 unspecified atom stereocenters. The molecule has 1 aliphatic carbocycles. The van der Waals surface area contributed by atoms with Gasteiger partial charge in [0, 0.05) is 25.2 Å². The molecule has 1 aromatic carbocycles. The molecule has 0 bridgehead atoms. The second-order valence-corrected chi connectivity index (χ2v) is 6.87. The third-order valence-electron chi connectivity index (χ3n) is 4.80. The Kier molecular flexibility index (Phi) is 6.68. The predicted octanol–water partition coefficient (Wildman–Crippen LogP) is 3.46.